The number of anilines is 1. The first-order chi connectivity index (χ1) is 30.2. The quantitative estimate of drug-likeness (QED) is 0.0287. The predicted molar refractivity (Wildman–Crippen MR) is 240 cm³/mol. The lowest BCUT2D eigenvalue weighted by Gasteiger charge is -2.45. The normalized spacial score (nSPS) is 26.6. The van der Waals surface area contributed by atoms with Crippen LogP contribution in [0.3, 0.4) is 0 Å². The summed E-state index contributed by atoms with van der Waals surface area (Å²) in [5.74, 6) is 0.291. The third-order valence-electron chi connectivity index (χ3n) is 12.1. The summed E-state index contributed by atoms with van der Waals surface area (Å²) >= 11 is 0. The lowest BCUT2D eigenvalue weighted by molar-refractivity contribution is -0.352. The maximum atomic E-state index is 10.9. The van der Waals surface area contributed by atoms with E-state index in [2.05, 4.69) is 41.1 Å². The molecule has 2 saturated heterocycles. The Morgan fingerprint density at radius 2 is 0.903 bits per heavy atom. The van der Waals surface area contributed by atoms with Gasteiger partial charge in [-0.1, -0.05) is 129 Å². The summed E-state index contributed by atoms with van der Waals surface area (Å²) < 4.78 is 22.5. The first-order valence-corrected chi connectivity index (χ1v) is 23.8. The van der Waals surface area contributed by atoms with Gasteiger partial charge in [0.2, 0.25) is 6.29 Å². The first-order valence-electron chi connectivity index (χ1n) is 23.8. The minimum atomic E-state index is -1.75. The summed E-state index contributed by atoms with van der Waals surface area (Å²) in [6.45, 7) is 5.31. The van der Waals surface area contributed by atoms with E-state index in [0.29, 0.717) is 11.4 Å². The van der Waals surface area contributed by atoms with Crippen LogP contribution in [0.25, 0.3) is 0 Å². The lowest BCUT2D eigenvalue weighted by atomic mass is 9.97. The van der Waals surface area contributed by atoms with E-state index >= 15 is 0 Å². The van der Waals surface area contributed by atoms with Gasteiger partial charge in [-0.2, -0.15) is 10.2 Å². The summed E-state index contributed by atoms with van der Waals surface area (Å²) in [4.78, 5) is 2.54. The number of azo groups is 1. The van der Waals surface area contributed by atoms with Crippen LogP contribution < -0.4 is 9.64 Å². The van der Waals surface area contributed by atoms with Gasteiger partial charge in [0.15, 0.2) is 6.29 Å². The maximum absolute atomic E-state index is 10.9. The molecule has 0 amide bonds. The molecule has 0 aliphatic carbocycles. The zero-order valence-corrected chi connectivity index (χ0v) is 37.5. The molecule has 10 atom stereocenters. The van der Waals surface area contributed by atoms with E-state index in [0.717, 1.165) is 18.8 Å². The van der Waals surface area contributed by atoms with E-state index in [1.54, 1.807) is 24.3 Å². The fourth-order valence-electron chi connectivity index (χ4n) is 8.17. The van der Waals surface area contributed by atoms with E-state index in [4.69, 9.17) is 18.9 Å². The molecular formula is C48H79N3O11. The molecule has 0 saturated carbocycles. The lowest BCUT2D eigenvalue weighted by Crippen LogP contribution is -2.65. The molecule has 14 nitrogen and oxygen atoms in total. The van der Waals surface area contributed by atoms with Gasteiger partial charge in [0.25, 0.3) is 0 Å². The van der Waals surface area contributed by atoms with Crippen molar-refractivity contribution >= 4 is 17.1 Å². The number of aliphatic hydroxyl groups is 7. The molecular weight excluding hydrogens is 795 g/mol. The minimum absolute atomic E-state index is 0.291. The van der Waals surface area contributed by atoms with Gasteiger partial charge in [0.05, 0.1) is 24.6 Å². The summed E-state index contributed by atoms with van der Waals surface area (Å²) in [6, 6.07) is 14.9. The second-order valence-corrected chi connectivity index (χ2v) is 17.2. The van der Waals surface area contributed by atoms with Crippen molar-refractivity contribution in [3.63, 3.8) is 0 Å². The van der Waals surface area contributed by atoms with Crippen LogP contribution in [-0.4, -0.2) is 123 Å². The molecule has 0 unspecified atom stereocenters. The number of rotatable bonds is 31. The Hall–Kier alpha value is -2.76. The van der Waals surface area contributed by atoms with Crippen molar-refractivity contribution in [3.05, 3.63) is 48.5 Å². The Morgan fingerprint density at radius 3 is 1.37 bits per heavy atom. The second-order valence-electron chi connectivity index (χ2n) is 17.2. The van der Waals surface area contributed by atoms with Gasteiger partial charge in [-0.3, -0.25) is 0 Å². The number of benzene rings is 2. The zero-order chi connectivity index (χ0) is 44.5. The Balaban J connectivity index is 1.26. The van der Waals surface area contributed by atoms with Gasteiger partial charge in [-0.05, 0) is 61.4 Å². The number of hydrogen-bond acceptors (Lipinski definition) is 14. The second kappa shape index (κ2) is 29.6. The molecule has 0 spiro atoms. The topological polar surface area (TPSA) is 206 Å². The Kier molecular flexibility index (Phi) is 24.8. The highest BCUT2D eigenvalue weighted by Gasteiger charge is 2.51. The molecule has 0 bridgehead atoms. The van der Waals surface area contributed by atoms with E-state index in [1.807, 2.05) is 12.1 Å². The van der Waals surface area contributed by atoms with Gasteiger partial charge in [0, 0.05) is 18.8 Å². The van der Waals surface area contributed by atoms with Crippen molar-refractivity contribution < 1.29 is 54.7 Å². The summed E-state index contributed by atoms with van der Waals surface area (Å²) in [6.07, 6.45) is 11.2. The molecule has 2 aromatic rings. The van der Waals surface area contributed by atoms with Crippen LogP contribution >= 0.6 is 0 Å². The third kappa shape index (κ3) is 17.3. The van der Waals surface area contributed by atoms with Gasteiger partial charge in [-0.25, -0.2) is 0 Å². The summed E-state index contributed by atoms with van der Waals surface area (Å²) in [5, 5.41) is 80.8. The third-order valence-corrected chi connectivity index (χ3v) is 12.1. The Bertz CT molecular complexity index is 1440. The fraction of sp³-hybridized carbons (Fsp3) is 0.750. The van der Waals surface area contributed by atoms with Crippen LogP contribution in [0.5, 0.6) is 5.75 Å². The predicted octanol–water partition coefficient (Wildman–Crippen LogP) is 7.75. The van der Waals surface area contributed by atoms with Crippen LogP contribution in [0.15, 0.2) is 58.8 Å². The van der Waals surface area contributed by atoms with Gasteiger partial charge < -0.3 is 59.6 Å². The van der Waals surface area contributed by atoms with E-state index in [9.17, 15) is 35.7 Å². The van der Waals surface area contributed by atoms with E-state index in [1.165, 1.54) is 134 Å². The van der Waals surface area contributed by atoms with E-state index in [-0.39, 0.29) is 0 Å². The van der Waals surface area contributed by atoms with Crippen molar-refractivity contribution in [1.29, 1.82) is 0 Å². The van der Waals surface area contributed by atoms with Gasteiger partial charge in [-0.15, -0.1) is 0 Å². The molecule has 2 aliphatic rings. The molecule has 0 radical (unpaired) electrons. The van der Waals surface area contributed by atoms with Crippen molar-refractivity contribution in [3.8, 4) is 5.75 Å². The largest absolute Gasteiger partial charge is 0.462 e. The van der Waals surface area contributed by atoms with Crippen LogP contribution in [0.2, 0.25) is 0 Å². The molecule has 4 rings (SSSR count). The highest BCUT2D eigenvalue weighted by molar-refractivity contribution is 5.53. The van der Waals surface area contributed by atoms with Crippen molar-refractivity contribution in [2.24, 2.45) is 10.2 Å². The standard InChI is InChI=1S/C48H79N3O11/c1-3-5-7-9-11-13-15-17-19-21-31-51(32-22-20-18-16-14-12-10-8-6-4-2)37-27-23-35(24-28-37)49-50-36-25-29-38(30-26-36)59-47-45(58)43(56)46(40(34-53)61-47)62-48-44(57)42(55)41(54)39(33-52)60-48/h23-30,39-48,52-58H,3-22,31-34H2,1-2H3/t39-,40-,41+,42+,43-,44-,45-,46-,47-,48+/m1/s1. The van der Waals surface area contributed by atoms with Crippen LogP contribution in [0.4, 0.5) is 17.1 Å². The fourth-order valence-corrected chi connectivity index (χ4v) is 8.17. The Labute approximate surface area is 370 Å². The molecule has 0 aromatic heterocycles. The summed E-state index contributed by atoms with van der Waals surface area (Å²) in [5.41, 5.74) is 2.51. The van der Waals surface area contributed by atoms with Crippen LogP contribution in [0.1, 0.15) is 142 Å². The highest BCUT2D eigenvalue weighted by Crippen LogP contribution is 2.31. The molecule has 2 heterocycles. The number of unbranched alkanes of at least 4 members (excludes halogenated alkanes) is 18. The molecule has 7 N–H and O–H groups in total. The molecule has 2 fully saturated rings. The molecule has 352 valence electrons. The van der Waals surface area contributed by atoms with E-state index < -0.39 is 74.6 Å². The average Bonchev–Trinajstić information content (AvgIpc) is 3.29. The number of hydrogen-bond donors (Lipinski definition) is 7. The first kappa shape index (κ1) is 51.9. The van der Waals surface area contributed by atoms with Crippen molar-refractivity contribution in [2.75, 3.05) is 31.2 Å². The monoisotopic (exact) mass is 874 g/mol. The smallest absolute Gasteiger partial charge is 0.229 e. The Morgan fingerprint density at radius 1 is 0.484 bits per heavy atom. The van der Waals surface area contributed by atoms with Crippen LogP contribution in [-0.2, 0) is 14.2 Å². The van der Waals surface area contributed by atoms with Crippen LogP contribution in [0, 0.1) is 0 Å². The zero-order valence-electron chi connectivity index (χ0n) is 37.5. The van der Waals surface area contributed by atoms with Crippen molar-refractivity contribution in [1.82, 2.24) is 0 Å². The van der Waals surface area contributed by atoms with Crippen molar-refractivity contribution in [2.45, 2.75) is 204 Å². The molecule has 62 heavy (non-hydrogen) atoms. The number of aliphatic hydroxyl groups excluding tert-OH is 7. The SMILES string of the molecule is CCCCCCCCCCCCN(CCCCCCCCCCCC)c1ccc(N=Nc2ccc(O[C@@H]3O[C@H](CO)[C@@H](O[C@@H]4O[C@H](CO)[C@H](O)[C@H](O)[C@H]4O)[C@H](O)[C@H]3O)cc2)cc1. The average molecular weight is 874 g/mol. The number of ether oxygens (including phenoxy) is 4. The highest BCUT2D eigenvalue weighted by atomic mass is 16.7. The number of nitrogens with zero attached hydrogens (tertiary/aromatic N) is 3. The van der Waals surface area contributed by atoms with Gasteiger partial charge >= 0.3 is 0 Å². The summed E-state index contributed by atoms with van der Waals surface area (Å²) in [7, 11) is 0. The van der Waals surface area contributed by atoms with Gasteiger partial charge in [0.1, 0.15) is 54.6 Å². The molecule has 2 aliphatic heterocycles. The minimum Gasteiger partial charge on any atom is -0.462 e. The molecule has 2 aromatic carbocycles. The molecule has 14 heteroatoms. The maximum Gasteiger partial charge on any atom is 0.229 e.